The minimum Gasteiger partial charge on any atom is -0.354 e. The predicted octanol–water partition coefficient (Wildman–Crippen LogP) is 4.11. The Morgan fingerprint density at radius 2 is 1.87 bits per heavy atom. The maximum atomic E-state index is 14.0. The number of alkyl halides is 2. The number of amidine groups is 1. The number of aromatic nitrogens is 2. The van der Waals surface area contributed by atoms with Gasteiger partial charge in [-0.05, 0) is 48.4 Å². The van der Waals surface area contributed by atoms with Gasteiger partial charge in [-0.1, -0.05) is 23.7 Å². The van der Waals surface area contributed by atoms with Crippen molar-refractivity contribution in [2.75, 3.05) is 0 Å². The molecule has 1 N–H and O–H groups in total. The van der Waals surface area contributed by atoms with E-state index in [4.69, 9.17) is 11.6 Å². The summed E-state index contributed by atoms with van der Waals surface area (Å²) >= 11 is 6.04. The van der Waals surface area contributed by atoms with Crippen LogP contribution in [0.2, 0.25) is 5.02 Å². The van der Waals surface area contributed by atoms with Gasteiger partial charge in [0, 0.05) is 29.0 Å². The molecule has 0 aliphatic carbocycles. The summed E-state index contributed by atoms with van der Waals surface area (Å²) in [6.07, 6.45) is 2.41. The molecular formula is C21H16ClF3N4O. The summed E-state index contributed by atoms with van der Waals surface area (Å²) in [6, 6.07) is 12.0. The Morgan fingerprint density at radius 1 is 1.13 bits per heavy atom. The fraction of sp³-hybridized carbons (Fsp3) is 0.190. The van der Waals surface area contributed by atoms with Crippen molar-refractivity contribution in [2.45, 2.75) is 25.1 Å². The summed E-state index contributed by atoms with van der Waals surface area (Å²) in [5.74, 6) is -0.349. The first-order valence-corrected chi connectivity index (χ1v) is 9.44. The summed E-state index contributed by atoms with van der Waals surface area (Å²) in [4.78, 5) is 19.9. The lowest BCUT2D eigenvalue weighted by molar-refractivity contribution is 0.0663. The molecule has 0 saturated carbocycles. The molecule has 3 aromatic rings. The highest BCUT2D eigenvalue weighted by Gasteiger charge is 2.45. The van der Waals surface area contributed by atoms with Crippen LogP contribution in [0.25, 0.3) is 0 Å². The van der Waals surface area contributed by atoms with Crippen molar-refractivity contribution in [3.8, 4) is 0 Å². The van der Waals surface area contributed by atoms with Crippen molar-refractivity contribution < 1.29 is 13.2 Å². The van der Waals surface area contributed by atoms with Gasteiger partial charge in [0.25, 0.3) is 5.56 Å². The van der Waals surface area contributed by atoms with Crippen molar-refractivity contribution in [1.82, 2.24) is 14.9 Å². The molecule has 1 aliphatic rings. The van der Waals surface area contributed by atoms with Gasteiger partial charge in [0.15, 0.2) is 0 Å². The Bertz CT molecular complexity index is 1180. The number of rotatable bonds is 4. The standard InChI is InChI=1S/C21H16ClF3N4O/c1-12-21(14-3-5-16(22)6-4-14,15-8-9-26-17(23)10-15)28-19(27-12)13-2-7-18(30)29(11-13)20(24)25/h2-12,20H,1H3,(H,27,28)/t12-,21?/m0/s1. The van der Waals surface area contributed by atoms with E-state index in [2.05, 4.69) is 15.3 Å². The molecule has 0 bridgehead atoms. The van der Waals surface area contributed by atoms with E-state index in [1.807, 2.05) is 6.92 Å². The van der Waals surface area contributed by atoms with Crippen LogP contribution in [0.15, 0.2) is 70.7 Å². The van der Waals surface area contributed by atoms with Gasteiger partial charge in [-0.3, -0.25) is 14.4 Å². The molecule has 1 aromatic carbocycles. The lowest BCUT2D eigenvalue weighted by Gasteiger charge is -2.35. The third kappa shape index (κ3) is 3.37. The highest BCUT2D eigenvalue weighted by atomic mass is 35.5. The molecule has 9 heteroatoms. The van der Waals surface area contributed by atoms with Crippen LogP contribution >= 0.6 is 11.6 Å². The first-order chi connectivity index (χ1) is 14.3. The third-order valence-corrected chi connectivity index (χ3v) is 5.42. The zero-order chi connectivity index (χ0) is 21.5. The second-order valence-electron chi connectivity index (χ2n) is 6.90. The lowest BCUT2D eigenvalue weighted by Crippen LogP contribution is -2.48. The molecule has 0 saturated heterocycles. The second-order valence-corrected chi connectivity index (χ2v) is 7.34. The summed E-state index contributed by atoms with van der Waals surface area (Å²) in [7, 11) is 0. The summed E-state index contributed by atoms with van der Waals surface area (Å²) < 4.78 is 40.7. The number of halogens is 4. The Balaban J connectivity index is 1.85. The molecule has 0 spiro atoms. The van der Waals surface area contributed by atoms with Gasteiger partial charge in [0.2, 0.25) is 5.95 Å². The summed E-state index contributed by atoms with van der Waals surface area (Å²) in [6.45, 7) is -1.15. The molecule has 30 heavy (non-hydrogen) atoms. The Hall–Kier alpha value is -3.13. The number of hydrogen-bond acceptors (Lipinski definition) is 4. The van der Waals surface area contributed by atoms with Crippen LogP contribution in [0.3, 0.4) is 0 Å². The molecular weight excluding hydrogens is 417 g/mol. The van der Waals surface area contributed by atoms with E-state index in [0.717, 1.165) is 17.8 Å². The summed E-state index contributed by atoms with van der Waals surface area (Å²) in [5.41, 5.74) is -0.181. The molecule has 1 unspecified atom stereocenters. The number of nitrogens with zero attached hydrogens (tertiary/aromatic N) is 3. The van der Waals surface area contributed by atoms with Gasteiger partial charge in [0.1, 0.15) is 11.4 Å². The molecule has 0 radical (unpaired) electrons. The van der Waals surface area contributed by atoms with E-state index in [1.54, 1.807) is 30.3 Å². The van der Waals surface area contributed by atoms with Crippen LogP contribution in [0.4, 0.5) is 13.2 Å². The predicted molar refractivity (Wildman–Crippen MR) is 108 cm³/mol. The Kier molecular flexibility index (Phi) is 5.11. The fourth-order valence-electron chi connectivity index (χ4n) is 3.71. The van der Waals surface area contributed by atoms with Crippen LogP contribution in [-0.4, -0.2) is 21.4 Å². The molecule has 2 aromatic heterocycles. The monoisotopic (exact) mass is 432 g/mol. The van der Waals surface area contributed by atoms with Gasteiger partial charge in [-0.25, -0.2) is 4.98 Å². The molecule has 0 fully saturated rings. The van der Waals surface area contributed by atoms with E-state index in [-0.39, 0.29) is 0 Å². The van der Waals surface area contributed by atoms with E-state index >= 15 is 0 Å². The van der Waals surface area contributed by atoms with Crippen molar-refractivity contribution in [2.24, 2.45) is 4.99 Å². The van der Waals surface area contributed by atoms with Gasteiger partial charge in [-0.2, -0.15) is 13.2 Å². The van der Waals surface area contributed by atoms with Crippen molar-refractivity contribution in [3.05, 3.63) is 98.9 Å². The molecule has 4 rings (SSSR count). The topological polar surface area (TPSA) is 59.3 Å². The van der Waals surface area contributed by atoms with E-state index in [9.17, 15) is 18.0 Å². The minimum absolute atomic E-state index is 0.309. The normalized spacial score (nSPS) is 20.9. The fourth-order valence-corrected chi connectivity index (χ4v) is 3.84. The highest BCUT2D eigenvalue weighted by Crippen LogP contribution is 2.39. The van der Waals surface area contributed by atoms with Crippen LogP contribution in [0, 0.1) is 5.95 Å². The first kappa shape index (κ1) is 20.2. The van der Waals surface area contributed by atoms with Crippen LogP contribution in [0.1, 0.15) is 30.2 Å². The number of hydrogen-bond donors (Lipinski definition) is 1. The van der Waals surface area contributed by atoms with E-state index < -0.39 is 29.6 Å². The number of pyridine rings is 2. The van der Waals surface area contributed by atoms with Gasteiger partial charge >= 0.3 is 6.55 Å². The molecule has 3 heterocycles. The first-order valence-electron chi connectivity index (χ1n) is 9.06. The maximum Gasteiger partial charge on any atom is 0.321 e. The smallest absolute Gasteiger partial charge is 0.321 e. The van der Waals surface area contributed by atoms with E-state index in [0.29, 0.717) is 26.6 Å². The Labute approximate surface area is 174 Å². The number of nitrogens with one attached hydrogen (secondary N) is 1. The molecule has 5 nitrogen and oxygen atoms in total. The largest absolute Gasteiger partial charge is 0.354 e. The van der Waals surface area contributed by atoms with Crippen LogP contribution in [0.5, 0.6) is 0 Å². The minimum atomic E-state index is -2.98. The second kappa shape index (κ2) is 7.60. The maximum absolute atomic E-state index is 14.0. The molecule has 2 atom stereocenters. The van der Waals surface area contributed by atoms with E-state index in [1.165, 1.54) is 18.3 Å². The Morgan fingerprint density at radius 3 is 2.53 bits per heavy atom. The van der Waals surface area contributed by atoms with Crippen LogP contribution < -0.4 is 10.9 Å². The van der Waals surface area contributed by atoms with Gasteiger partial charge in [-0.15, -0.1) is 0 Å². The molecule has 0 amide bonds. The molecule has 1 aliphatic heterocycles. The summed E-state index contributed by atoms with van der Waals surface area (Å²) in [5, 5.41) is 3.82. The third-order valence-electron chi connectivity index (χ3n) is 5.17. The quantitative estimate of drug-likeness (QED) is 0.631. The zero-order valence-corrected chi connectivity index (χ0v) is 16.4. The van der Waals surface area contributed by atoms with Crippen molar-refractivity contribution in [1.29, 1.82) is 0 Å². The SMILES string of the molecule is C[C@@H]1N=C(c2ccc(=O)n(C(F)F)c2)NC1(c1ccc(Cl)cc1)c1ccnc(F)c1. The van der Waals surface area contributed by atoms with Gasteiger partial charge < -0.3 is 5.32 Å². The number of aliphatic imine (C=N–C) groups is 1. The van der Waals surface area contributed by atoms with Gasteiger partial charge in [0.05, 0.1) is 6.04 Å². The average Bonchev–Trinajstić information content (AvgIpc) is 3.07. The number of benzene rings is 1. The average molecular weight is 433 g/mol. The van der Waals surface area contributed by atoms with Crippen molar-refractivity contribution in [3.63, 3.8) is 0 Å². The highest BCUT2D eigenvalue weighted by molar-refractivity contribution is 6.30. The zero-order valence-electron chi connectivity index (χ0n) is 15.7. The molecule has 154 valence electrons. The lowest BCUT2D eigenvalue weighted by atomic mass is 9.78. The van der Waals surface area contributed by atoms with Crippen LogP contribution in [-0.2, 0) is 5.54 Å². The van der Waals surface area contributed by atoms with Crippen molar-refractivity contribution >= 4 is 17.4 Å².